The van der Waals surface area contributed by atoms with Crippen molar-refractivity contribution >= 4 is 28.6 Å². The van der Waals surface area contributed by atoms with Crippen molar-refractivity contribution in [2.45, 2.75) is 52.4 Å². The van der Waals surface area contributed by atoms with E-state index in [0.29, 0.717) is 0 Å². The molecule has 2 aromatic carbocycles. The first-order valence-electron chi connectivity index (χ1n) is 11.9. The Morgan fingerprint density at radius 1 is 1.00 bits per heavy atom. The second-order valence-corrected chi connectivity index (χ2v) is 10.6. The third-order valence-electron chi connectivity index (χ3n) is 6.48. The van der Waals surface area contributed by atoms with Gasteiger partial charge in [0, 0.05) is 35.2 Å². The Balaban J connectivity index is 0.000000318. The van der Waals surface area contributed by atoms with Crippen LogP contribution in [0.4, 0.5) is 5.69 Å². The minimum Gasteiger partial charge on any atom is -0.345 e. The maximum atomic E-state index is 5.99. The Labute approximate surface area is 207 Å². The molecule has 0 unspecified atom stereocenters. The van der Waals surface area contributed by atoms with E-state index in [0.717, 1.165) is 38.4 Å². The van der Waals surface area contributed by atoms with E-state index in [1.165, 1.54) is 49.1 Å². The standard InChI is InChI=1S/C22H19ClN2S.C7H14/c1-15-7-8-17(13-20(15)25(2)19-5-3-4-6-19)22-24-14-21(26-22)16-9-11-18(23)12-10-16;1-7-5-3-2-4-6-7/h3,5-14H,4H2,1-2H3;7H,2-6H2,1H3. The van der Waals surface area contributed by atoms with Crippen LogP contribution in [0, 0.1) is 12.8 Å². The molecule has 1 heterocycles. The fourth-order valence-corrected chi connectivity index (χ4v) is 5.44. The molecule has 0 radical (unpaired) electrons. The quantitative estimate of drug-likeness (QED) is 0.372. The van der Waals surface area contributed by atoms with Crippen LogP contribution in [0.1, 0.15) is 51.0 Å². The van der Waals surface area contributed by atoms with Crippen LogP contribution in [-0.4, -0.2) is 12.0 Å². The molecule has 172 valence electrons. The van der Waals surface area contributed by atoms with Crippen molar-refractivity contribution in [1.82, 2.24) is 4.98 Å². The van der Waals surface area contributed by atoms with Crippen LogP contribution in [-0.2, 0) is 0 Å². The molecule has 0 saturated heterocycles. The highest BCUT2D eigenvalue weighted by atomic mass is 35.5. The van der Waals surface area contributed by atoms with Gasteiger partial charge in [-0.3, -0.25) is 0 Å². The summed E-state index contributed by atoms with van der Waals surface area (Å²) in [5, 5.41) is 1.78. The summed E-state index contributed by atoms with van der Waals surface area (Å²) in [5.41, 5.74) is 6.00. The molecule has 0 aliphatic heterocycles. The zero-order chi connectivity index (χ0) is 23.2. The van der Waals surface area contributed by atoms with Gasteiger partial charge in [-0.25, -0.2) is 4.98 Å². The zero-order valence-corrected chi connectivity index (χ0v) is 21.4. The maximum Gasteiger partial charge on any atom is 0.123 e. The molecule has 4 heteroatoms. The second kappa shape index (κ2) is 11.2. The van der Waals surface area contributed by atoms with E-state index < -0.39 is 0 Å². The number of rotatable bonds is 4. The fraction of sp³-hybridized carbons (Fsp3) is 0.345. The highest BCUT2D eigenvalue weighted by Crippen LogP contribution is 2.35. The summed E-state index contributed by atoms with van der Waals surface area (Å²) in [6.45, 7) is 4.51. The molecule has 0 amide bonds. The van der Waals surface area contributed by atoms with Crippen LogP contribution in [0.5, 0.6) is 0 Å². The van der Waals surface area contributed by atoms with E-state index in [1.54, 1.807) is 11.3 Å². The van der Waals surface area contributed by atoms with Crippen molar-refractivity contribution in [2.75, 3.05) is 11.9 Å². The number of hydrogen-bond acceptors (Lipinski definition) is 3. The van der Waals surface area contributed by atoms with Gasteiger partial charge in [0.15, 0.2) is 0 Å². The summed E-state index contributed by atoms with van der Waals surface area (Å²) in [7, 11) is 2.12. The normalized spacial score (nSPS) is 15.7. The Morgan fingerprint density at radius 2 is 1.73 bits per heavy atom. The third-order valence-corrected chi connectivity index (χ3v) is 7.83. The van der Waals surface area contributed by atoms with E-state index in [1.807, 2.05) is 30.5 Å². The lowest BCUT2D eigenvalue weighted by Gasteiger charge is -2.22. The monoisotopic (exact) mass is 476 g/mol. The summed E-state index contributed by atoms with van der Waals surface area (Å²) < 4.78 is 0. The first kappa shape index (κ1) is 23.8. The molecule has 0 spiro atoms. The summed E-state index contributed by atoms with van der Waals surface area (Å²) >= 11 is 7.69. The van der Waals surface area contributed by atoms with Crippen molar-refractivity contribution in [2.24, 2.45) is 5.92 Å². The molecule has 1 fully saturated rings. The molecule has 2 nitrogen and oxygen atoms in total. The van der Waals surface area contributed by atoms with Crippen molar-refractivity contribution in [3.8, 4) is 21.0 Å². The van der Waals surface area contributed by atoms with Gasteiger partial charge in [-0.1, -0.05) is 87.0 Å². The fourth-order valence-electron chi connectivity index (χ4n) is 4.40. The predicted octanol–water partition coefficient (Wildman–Crippen LogP) is 9.31. The van der Waals surface area contributed by atoms with Gasteiger partial charge in [-0.05, 0) is 54.7 Å². The Kier molecular flexibility index (Phi) is 8.06. The van der Waals surface area contributed by atoms with Crippen LogP contribution < -0.4 is 4.90 Å². The molecule has 2 aliphatic carbocycles. The molecule has 3 aromatic rings. The van der Waals surface area contributed by atoms with E-state index in [-0.39, 0.29) is 0 Å². The minimum atomic E-state index is 0.750. The average molecular weight is 477 g/mol. The van der Waals surface area contributed by atoms with Crippen molar-refractivity contribution in [3.05, 3.63) is 83.2 Å². The number of benzene rings is 2. The molecule has 0 atom stereocenters. The number of nitrogens with zero attached hydrogens (tertiary/aromatic N) is 2. The van der Waals surface area contributed by atoms with Crippen molar-refractivity contribution in [3.63, 3.8) is 0 Å². The van der Waals surface area contributed by atoms with Gasteiger partial charge in [-0.2, -0.15) is 0 Å². The average Bonchev–Trinajstić information content (AvgIpc) is 3.53. The van der Waals surface area contributed by atoms with Gasteiger partial charge in [0.25, 0.3) is 0 Å². The van der Waals surface area contributed by atoms with Gasteiger partial charge >= 0.3 is 0 Å². The SMILES string of the molecule is CC1CCCCC1.Cc1ccc(-c2ncc(-c3ccc(Cl)cc3)s2)cc1N(C)C1=CCC=C1. The van der Waals surface area contributed by atoms with E-state index in [2.05, 4.69) is 67.2 Å². The van der Waals surface area contributed by atoms with Gasteiger partial charge in [0.1, 0.15) is 5.01 Å². The number of allylic oxidation sites excluding steroid dienone is 3. The second-order valence-electron chi connectivity index (χ2n) is 9.11. The Morgan fingerprint density at radius 3 is 2.36 bits per heavy atom. The lowest BCUT2D eigenvalue weighted by atomic mass is 9.91. The number of aromatic nitrogens is 1. The van der Waals surface area contributed by atoms with E-state index >= 15 is 0 Å². The van der Waals surface area contributed by atoms with Crippen LogP contribution in [0.25, 0.3) is 21.0 Å². The molecule has 5 rings (SSSR count). The smallest absolute Gasteiger partial charge is 0.123 e. The van der Waals surface area contributed by atoms with Crippen molar-refractivity contribution < 1.29 is 0 Å². The van der Waals surface area contributed by atoms with Gasteiger partial charge in [0.05, 0.1) is 4.88 Å². The number of likely N-dealkylation sites (N-methyl/N-ethyl adjacent to an activating group) is 1. The number of halogens is 1. The van der Waals surface area contributed by atoms with Crippen LogP contribution in [0.2, 0.25) is 5.02 Å². The summed E-state index contributed by atoms with van der Waals surface area (Å²) in [4.78, 5) is 8.04. The zero-order valence-electron chi connectivity index (χ0n) is 19.9. The van der Waals surface area contributed by atoms with Crippen LogP contribution in [0.3, 0.4) is 0 Å². The number of aryl methyl sites for hydroxylation is 1. The number of hydrogen-bond donors (Lipinski definition) is 0. The molecule has 2 aliphatic rings. The summed E-state index contributed by atoms with van der Waals surface area (Å²) in [6.07, 6.45) is 17.0. The Bertz CT molecular complexity index is 1120. The topological polar surface area (TPSA) is 16.1 Å². The predicted molar refractivity (Wildman–Crippen MR) is 145 cm³/mol. The molecular weight excluding hydrogens is 444 g/mol. The molecule has 0 N–H and O–H groups in total. The summed E-state index contributed by atoms with van der Waals surface area (Å²) in [6, 6.07) is 14.4. The maximum absolute atomic E-state index is 5.99. The largest absolute Gasteiger partial charge is 0.345 e. The first-order chi connectivity index (χ1) is 16.0. The van der Waals surface area contributed by atoms with E-state index in [9.17, 15) is 0 Å². The van der Waals surface area contributed by atoms with Crippen molar-refractivity contribution in [1.29, 1.82) is 0 Å². The third kappa shape index (κ3) is 6.16. The minimum absolute atomic E-state index is 0.750. The van der Waals surface area contributed by atoms with Crippen LogP contribution >= 0.6 is 22.9 Å². The van der Waals surface area contributed by atoms with E-state index in [4.69, 9.17) is 11.6 Å². The molecule has 1 aromatic heterocycles. The van der Waals surface area contributed by atoms with Crippen LogP contribution in [0.15, 0.2) is 72.6 Å². The molecular formula is C29H33ClN2S. The molecule has 0 bridgehead atoms. The number of anilines is 1. The van der Waals surface area contributed by atoms with Gasteiger partial charge in [0.2, 0.25) is 0 Å². The van der Waals surface area contributed by atoms with Gasteiger partial charge < -0.3 is 4.90 Å². The highest BCUT2D eigenvalue weighted by Gasteiger charge is 2.13. The molecule has 1 saturated carbocycles. The van der Waals surface area contributed by atoms with Gasteiger partial charge in [-0.15, -0.1) is 11.3 Å². The number of thiazole rings is 1. The first-order valence-corrected chi connectivity index (χ1v) is 13.1. The summed E-state index contributed by atoms with van der Waals surface area (Å²) in [5.74, 6) is 1.04. The lowest BCUT2D eigenvalue weighted by molar-refractivity contribution is 0.385. The highest BCUT2D eigenvalue weighted by molar-refractivity contribution is 7.18. The lowest BCUT2D eigenvalue weighted by Crippen LogP contribution is -2.15. The molecule has 33 heavy (non-hydrogen) atoms. The Hall–Kier alpha value is -2.36.